The van der Waals surface area contributed by atoms with Crippen molar-refractivity contribution in [1.29, 1.82) is 0 Å². The van der Waals surface area contributed by atoms with Crippen LogP contribution in [0.15, 0.2) is 24.3 Å². The minimum atomic E-state index is -4.33. The van der Waals surface area contributed by atoms with Gasteiger partial charge in [0, 0.05) is 24.6 Å². The van der Waals surface area contributed by atoms with E-state index >= 15 is 0 Å². The maximum Gasteiger partial charge on any atom is 0.416 e. The number of halogens is 3. The van der Waals surface area contributed by atoms with Crippen molar-refractivity contribution in [1.82, 2.24) is 0 Å². The summed E-state index contributed by atoms with van der Waals surface area (Å²) in [5.74, 6) is 0.147. The second kappa shape index (κ2) is 5.63. The molecule has 5 heteroatoms. The molecule has 0 spiro atoms. The Morgan fingerprint density at radius 1 is 1.26 bits per heavy atom. The maximum atomic E-state index is 12.5. The molecular formula is C14H16F3NO. The second-order valence-corrected chi connectivity index (χ2v) is 4.87. The first-order valence-corrected chi connectivity index (χ1v) is 6.40. The van der Waals surface area contributed by atoms with E-state index in [0.717, 1.165) is 31.4 Å². The van der Waals surface area contributed by atoms with Gasteiger partial charge in [-0.05, 0) is 31.0 Å². The van der Waals surface area contributed by atoms with E-state index in [0.29, 0.717) is 18.7 Å². The number of ketones is 1. The van der Waals surface area contributed by atoms with E-state index in [-0.39, 0.29) is 11.7 Å². The van der Waals surface area contributed by atoms with Gasteiger partial charge >= 0.3 is 6.18 Å². The first-order valence-electron chi connectivity index (χ1n) is 6.40. The Balaban J connectivity index is 1.98. The third kappa shape index (κ3) is 3.72. The summed E-state index contributed by atoms with van der Waals surface area (Å²) in [6, 6.07) is 5.07. The minimum absolute atomic E-state index is 0.0664. The van der Waals surface area contributed by atoms with Crippen molar-refractivity contribution in [3.05, 3.63) is 29.8 Å². The molecule has 0 bridgehead atoms. The fourth-order valence-electron chi connectivity index (χ4n) is 2.32. The second-order valence-electron chi connectivity index (χ2n) is 4.87. The lowest BCUT2D eigenvalue weighted by molar-refractivity contribution is -0.137. The van der Waals surface area contributed by atoms with E-state index in [1.165, 1.54) is 6.07 Å². The van der Waals surface area contributed by atoms with Gasteiger partial charge in [-0.3, -0.25) is 4.79 Å². The van der Waals surface area contributed by atoms with E-state index in [4.69, 9.17) is 0 Å². The zero-order valence-electron chi connectivity index (χ0n) is 10.5. The fourth-order valence-corrected chi connectivity index (χ4v) is 2.32. The van der Waals surface area contributed by atoms with E-state index in [2.05, 4.69) is 5.32 Å². The lowest BCUT2D eigenvalue weighted by atomic mass is 9.88. The number of hydrogen-bond acceptors (Lipinski definition) is 2. The van der Waals surface area contributed by atoms with Crippen LogP contribution in [0.5, 0.6) is 0 Å². The van der Waals surface area contributed by atoms with E-state index < -0.39 is 11.7 Å². The van der Waals surface area contributed by atoms with Crippen LogP contribution < -0.4 is 5.32 Å². The van der Waals surface area contributed by atoms with Crippen molar-refractivity contribution < 1.29 is 18.0 Å². The van der Waals surface area contributed by atoms with Crippen LogP contribution in [0.25, 0.3) is 0 Å². The Labute approximate surface area is 110 Å². The summed E-state index contributed by atoms with van der Waals surface area (Å²) in [7, 11) is 0. The van der Waals surface area contributed by atoms with Crippen molar-refractivity contribution in [2.45, 2.75) is 31.9 Å². The molecule has 2 nitrogen and oxygen atoms in total. The summed E-state index contributed by atoms with van der Waals surface area (Å²) in [5.41, 5.74) is -0.263. The Hall–Kier alpha value is -1.52. The van der Waals surface area contributed by atoms with Crippen molar-refractivity contribution in [2.75, 3.05) is 11.9 Å². The molecule has 1 atom stereocenters. The molecule has 0 unspecified atom stereocenters. The molecular weight excluding hydrogens is 255 g/mol. The average Bonchev–Trinajstić information content (AvgIpc) is 2.37. The molecule has 1 fully saturated rings. The van der Waals surface area contributed by atoms with E-state index in [1.54, 1.807) is 6.07 Å². The van der Waals surface area contributed by atoms with Gasteiger partial charge in [0.1, 0.15) is 5.78 Å². The molecule has 0 amide bonds. The highest BCUT2D eigenvalue weighted by molar-refractivity contribution is 5.82. The van der Waals surface area contributed by atoms with Crippen LogP contribution in [0.4, 0.5) is 18.9 Å². The van der Waals surface area contributed by atoms with Crippen LogP contribution in [0.1, 0.15) is 31.2 Å². The molecule has 1 aliphatic rings. The highest BCUT2D eigenvalue weighted by atomic mass is 19.4. The first kappa shape index (κ1) is 13.9. The molecule has 1 aromatic rings. The quantitative estimate of drug-likeness (QED) is 0.904. The zero-order valence-corrected chi connectivity index (χ0v) is 10.5. The molecule has 0 aliphatic heterocycles. The van der Waals surface area contributed by atoms with E-state index in [1.807, 2.05) is 0 Å². The van der Waals surface area contributed by atoms with Gasteiger partial charge in [-0.25, -0.2) is 0 Å². The average molecular weight is 271 g/mol. The lowest BCUT2D eigenvalue weighted by Gasteiger charge is -2.21. The monoisotopic (exact) mass is 271 g/mol. The maximum absolute atomic E-state index is 12.5. The number of anilines is 1. The molecule has 19 heavy (non-hydrogen) atoms. The van der Waals surface area contributed by atoms with E-state index in [9.17, 15) is 18.0 Å². The highest BCUT2D eigenvalue weighted by Crippen LogP contribution is 2.31. The topological polar surface area (TPSA) is 29.1 Å². The number of nitrogens with one attached hydrogen (secondary N) is 1. The predicted octanol–water partition coefficient (Wildman–Crippen LogP) is 3.88. The molecule has 1 saturated carbocycles. The van der Waals surface area contributed by atoms with Gasteiger partial charge in [0.05, 0.1) is 5.56 Å². The Morgan fingerprint density at radius 2 is 2.05 bits per heavy atom. The van der Waals surface area contributed by atoms with Crippen molar-refractivity contribution in [2.24, 2.45) is 5.92 Å². The molecule has 0 saturated heterocycles. The largest absolute Gasteiger partial charge is 0.416 e. The van der Waals surface area contributed by atoms with Crippen molar-refractivity contribution >= 4 is 11.5 Å². The van der Waals surface area contributed by atoms with Crippen LogP contribution in [0.3, 0.4) is 0 Å². The molecule has 0 heterocycles. The molecule has 2 rings (SSSR count). The number of carbonyl (C=O) groups excluding carboxylic acids is 1. The minimum Gasteiger partial charge on any atom is -0.384 e. The Morgan fingerprint density at radius 3 is 2.74 bits per heavy atom. The number of carbonyl (C=O) groups is 1. The van der Waals surface area contributed by atoms with Crippen LogP contribution in [-0.2, 0) is 11.0 Å². The van der Waals surface area contributed by atoms with Crippen molar-refractivity contribution in [3.63, 3.8) is 0 Å². The number of hydrogen-bond donors (Lipinski definition) is 1. The Bertz CT molecular complexity index is 456. The first-order chi connectivity index (χ1) is 8.97. The standard InChI is InChI=1S/C14H16F3NO/c15-14(16,17)11-5-3-6-12(8-11)18-9-10-4-1-2-7-13(10)19/h3,5-6,8,10,18H,1-2,4,7,9H2/t10-/m0/s1. The molecule has 1 aromatic carbocycles. The molecule has 104 valence electrons. The third-order valence-corrected chi connectivity index (χ3v) is 3.42. The summed E-state index contributed by atoms with van der Waals surface area (Å²) >= 11 is 0. The smallest absolute Gasteiger partial charge is 0.384 e. The van der Waals surface area contributed by atoms with Crippen LogP contribution >= 0.6 is 0 Å². The van der Waals surface area contributed by atoms with Gasteiger partial charge in [-0.1, -0.05) is 12.5 Å². The lowest BCUT2D eigenvalue weighted by Crippen LogP contribution is -2.26. The molecule has 1 N–H and O–H groups in total. The van der Waals surface area contributed by atoms with Gasteiger partial charge in [-0.15, -0.1) is 0 Å². The normalized spacial score (nSPS) is 20.4. The van der Waals surface area contributed by atoms with Crippen LogP contribution in [-0.4, -0.2) is 12.3 Å². The summed E-state index contributed by atoms with van der Waals surface area (Å²) in [6.45, 7) is 0.417. The number of rotatable bonds is 3. The van der Waals surface area contributed by atoms with Crippen LogP contribution in [0, 0.1) is 5.92 Å². The number of Topliss-reactive ketones (excluding diaryl/α,β-unsaturated/α-hetero) is 1. The summed E-state index contributed by atoms with van der Waals surface area (Å²) in [5, 5.41) is 2.94. The molecule has 1 aliphatic carbocycles. The van der Waals surface area contributed by atoms with Gasteiger partial charge in [-0.2, -0.15) is 13.2 Å². The zero-order chi connectivity index (χ0) is 13.9. The molecule has 0 radical (unpaired) electrons. The van der Waals surface area contributed by atoms with Crippen LogP contribution in [0.2, 0.25) is 0 Å². The summed E-state index contributed by atoms with van der Waals surface area (Å²) in [4.78, 5) is 11.6. The fraction of sp³-hybridized carbons (Fsp3) is 0.500. The van der Waals surface area contributed by atoms with Gasteiger partial charge in [0.15, 0.2) is 0 Å². The van der Waals surface area contributed by atoms with Gasteiger partial charge in [0.25, 0.3) is 0 Å². The summed E-state index contributed by atoms with van der Waals surface area (Å²) in [6.07, 6.45) is -0.975. The molecule has 0 aromatic heterocycles. The number of alkyl halides is 3. The number of benzene rings is 1. The third-order valence-electron chi connectivity index (χ3n) is 3.42. The predicted molar refractivity (Wildman–Crippen MR) is 66.9 cm³/mol. The summed E-state index contributed by atoms with van der Waals surface area (Å²) < 4.78 is 37.6. The van der Waals surface area contributed by atoms with Gasteiger partial charge in [0.2, 0.25) is 0 Å². The van der Waals surface area contributed by atoms with Gasteiger partial charge < -0.3 is 5.32 Å². The Kier molecular flexibility index (Phi) is 4.12. The van der Waals surface area contributed by atoms with Crippen molar-refractivity contribution in [3.8, 4) is 0 Å². The SMILES string of the molecule is O=C1CCCC[C@H]1CNc1cccc(C(F)(F)F)c1. The highest BCUT2D eigenvalue weighted by Gasteiger charge is 2.30.